The highest BCUT2D eigenvalue weighted by atomic mass is 19.4. The van der Waals surface area contributed by atoms with Gasteiger partial charge in [-0.15, -0.1) is 0 Å². The van der Waals surface area contributed by atoms with Gasteiger partial charge in [0.05, 0.1) is 31.0 Å². The predicted octanol–water partition coefficient (Wildman–Crippen LogP) is 5.35. The van der Waals surface area contributed by atoms with Crippen LogP contribution in [0.2, 0.25) is 0 Å². The van der Waals surface area contributed by atoms with Gasteiger partial charge in [0.25, 0.3) is 0 Å². The van der Waals surface area contributed by atoms with Crippen molar-refractivity contribution in [2.24, 2.45) is 0 Å². The number of anilines is 4. The van der Waals surface area contributed by atoms with Gasteiger partial charge < -0.3 is 19.9 Å². The topological polar surface area (TPSA) is 69.2 Å². The molecule has 43 heavy (non-hydrogen) atoms. The number of aromatic nitrogens is 2. The van der Waals surface area contributed by atoms with E-state index >= 15 is 0 Å². The summed E-state index contributed by atoms with van der Waals surface area (Å²) in [6, 6.07) is 13.5. The lowest BCUT2D eigenvalue weighted by Crippen LogP contribution is -2.52. The lowest BCUT2D eigenvalue weighted by atomic mass is 10.0. The Morgan fingerprint density at radius 3 is 2.47 bits per heavy atom. The number of ether oxygens (including phenoxy) is 1. The minimum Gasteiger partial charge on any atom is -0.494 e. The maximum atomic E-state index is 13.3. The van der Waals surface area contributed by atoms with Gasteiger partial charge in [0.15, 0.2) is 5.82 Å². The highest BCUT2D eigenvalue weighted by Gasteiger charge is 2.34. The molecule has 0 radical (unpaired) electrons. The summed E-state index contributed by atoms with van der Waals surface area (Å²) in [5.41, 5.74) is 1.71. The molecule has 0 bridgehead atoms. The van der Waals surface area contributed by atoms with Gasteiger partial charge in [0.1, 0.15) is 17.9 Å². The van der Waals surface area contributed by atoms with E-state index in [0.717, 1.165) is 69.6 Å². The Labute approximate surface area is 250 Å². The van der Waals surface area contributed by atoms with Gasteiger partial charge in [-0.1, -0.05) is 12.1 Å². The van der Waals surface area contributed by atoms with Crippen molar-refractivity contribution >= 4 is 23.0 Å². The molecule has 2 aromatic carbocycles. The Morgan fingerprint density at radius 2 is 1.72 bits per heavy atom. The largest absolute Gasteiger partial charge is 0.494 e. The van der Waals surface area contributed by atoms with Crippen molar-refractivity contribution in [3.05, 3.63) is 66.0 Å². The zero-order valence-electron chi connectivity index (χ0n) is 24.6. The zero-order valence-corrected chi connectivity index (χ0v) is 24.6. The second kappa shape index (κ2) is 12.6. The quantitative estimate of drug-likeness (QED) is 0.388. The van der Waals surface area contributed by atoms with Crippen molar-refractivity contribution in [1.82, 2.24) is 19.8 Å². The van der Waals surface area contributed by atoms with E-state index in [1.54, 1.807) is 24.3 Å². The fourth-order valence-corrected chi connectivity index (χ4v) is 6.25. The van der Waals surface area contributed by atoms with Crippen LogP contribution in [-0.2, 0) is 11.0 Å². The molecule has 3 fully saturated rings. The average molecular weight is 598 g/mol. The Morgan fingerprint density at radius 1 is 0.930 bits per heavy atom. The van der Waals surface area contributed by atoms with E-state index in [9.17, 15) is 13.2 Å². The number of alkyl halides is 3. The highest BCUT2D eigenvalue weighted by molar-refractivity contribution is 5.70. The first kappa shape index (κ1) is 29.5. The van der Waals surface area contributed by atoms with Crippen molar-refractivity contribution in [3.63, 3.8) is 0 Å². The monoisotopic (exact) mass is 597 g/mol. The maximum Gasteiger partial charge on any atom is 0.416 e. The van der Waals surface area contributed by atoms with Gasteiger partial charge in [0, 0.05) is 69.6 Å². The minimum absolute atomic E-state index is 0.371. The maximum absolute atomic E-state index is 13.3. The van der Waals surface area contributed by atoms with Crippen LogP contribution in [0.15, 0.2) is 54.9 Å². The summed E-state index contributed by atoms with van der Waals surface area (Å²) in [4.78, 5) is 22.0. The molecule has 0 spiro atoms. The molecular formula is C31H38F3N7O2. The second-order valence-electron chi connectivity index (χ2n) is 11.4. The van der Waals surface area contributed by atoms with E-state index in [2.05, 4.69) is 43.1 Å². The summed E-state index contributed by atoms with van der Waals surface area (Å²) in [5.74, 6) is 1.66. The fourth-order valence-electron chi connectivity index (χ4n) is 6.25. The number of piperazine rings is 1. The summed E-state index contributed by atoms with van der Waals surface area (Å²) in [7, 11) is 3.84. The number of nitrogens with zero attached hydrogens (tertiary/aromatic N) is 6. The molecule has 6 rings (SSSR count). The van der Waals surface area contributed by atoms with Gasteiger partial charge >= 0.3 is 6.18 Å². The van der Waals surface area contributed by atoms with Crippen LogP contribution in [0.1, 0.15) is 36.4 Å². The van der Waals surface area contributed by atoms with E-state index in [0.29, 0.717) is 42.0 Å². The second-order valence-corrected chi connectivity index (χ2v) is 11.4. The number of hydrogen-bond acceptors (Lipinski definition) is 9. The van der Waals surface area contributed by atoms with E-state index < -0.39 is 17.8 Å². The number of benzene rings is 2. The van der Waals surface area contributed by atoms with Crippen LogP contribution in [0.3, 0.4) is 0 Å². The molecule has 0 saturated carbocycles. The Bertz CT molecular complexity index is 1390. The molecule has 9 nitrogen and oxygen atoms in total. The van der Waals surface area contributed by atoms with Gasteiger partial charge in [0.2, 0.25) is 0 Å². The molecule has 1 aromatic heterocycles. The first-order chi connectivity index (χ1) is 20.8. The SMILES string of the molecule is COc1cc(N2CCC(N3CCN(C)CC3)CC2)ccc1Nc1cc(N2OCC[C@@H]2c2cccc(C(F)(F)F)c2)ncn1. The standard InChI is InChI=1S/C31H38F3N7O2/c1-38-13-15-40(16-14-38)24-8-11-39(12-9-24)25-6-7-26(28(19-25)42-2)37-29-20-30(36-21-35-29)41-27(10-17-43-41)22-4-3-5-23(18-22)31(32,33)34/h3-7,18-21,24,27H,8-17H2,1-2H3,(H,35,36,37)/t27-/m1/s1. The van der Waals surface area contributed by atoms with Gasteiger partial charge in [-0.3, -0.25) is 9.74 Å². The third kappa shape index (κ3) is 6.66. The normalized spacial score (nSPS) is 20.9. The van der Waals surface area contributed by atoms with Crippen molar-refractivity contribution in [1.29, 1.82) is 0 Å². The number of methoxy groups -OCH3 is 1. The van der Waals surface area contributed by atoms with Crippen molar-refractivity contribution in [3.8, 4) is 5.75 Å². The number of rotatable bonds is 7. The first-order valence-corrected chi connectivity index (χ1v) is 14.8. The Balaban J connectivity index is 1.13. The molecule has 3 aromatic rings. The van der Waals surface area contributed by atoms with Crippen LogP contribution in [0.4, 0.5) is 36.2 Å². The van der Waals surface area contributed by atoms with Gasteiger partial charge in [-0.05, 0) is 49.7 Å². The number of halogens is 3. The zero-order chi connectivity index (χ0) is 30.0. The number of hydrogen-bond donors (Lipinski definition) is 1. The summed E-state index contributed by atoms with van der Waals surface area (Å²) < 4.78 is 45.7. The molecule has 230 valence electrons. The molecule has 1 N–H and O–H groups in total. The fraction of sp³-hybridized carbons (Fsp3) is 0.484. The van der Waals surface area contributed by atoms with Crippen LogP contribution in [0.25, 0.3) is 0 Å². The van der Waals surface area contributed by atoms with Crippen LogP contribution < -0.4 is 20.0 Å². The number of nitrogens with one attached hydrogen (secondary N) is 1. The number of likely N-dealkylation sites (N-methyl/N-ethyl adjacent to an activating group) is 1. The minimum atomic E-state index is -4.41. The molecule has 1 atom stereocenters. The summed E-state index contributed by atoms with van der Waals surface area (Å²) in [5, 5.41) is 4.88. The third-order valence-electron chi connectivity index (χ3n) is 8.71. The first-order valence-electron chi connectivity index (χ1n) is 14.8. The lowest BCUT2D eigenvalue weighted by molar-refractivity contribution is -0.137. The molecule has 0 aliphatic carbocycles. The number of hydroxylamine groups is 1. The lowest BCUT2D eigenvalue weighted by Gasteiger charge is -2.42. The van der Waals surface area contributed by atoms with Crippen LogP contribution in [-0.4, -0.2) is 85.8 Å². The molecule has 0 amide bonds. The molecule has 3 aliphatic rings. The van der Waals surface area contributed by atoms with E-state index in [1.165, 1.54) is 18.5 Å². The molecule has 4 heterocycles. The molecule has 12 heteroatoms. The summed E-state index contributed by atoms with van der Waals surface area (Å²) in [6.07, 6.45) is -0.169. The molecule has 3 aliphatic heterocycles. The highest BCUT2D eigenvalue weighted by Crippen LogP contribution is 2.38. The Hall–Kier alpha value is -3.61. The van der Waals surface area contributed by atoms with Gasteiger partial charge in [-0.2, -0.15) is 13.2 Å². The summed E-state index contributed by atoms with van der Waals surface area (Å²) in [6.45, 7) is 6.96. The molecular weight excluding hydrogens is 559 g/mol. The van der Waals surface area contributed by atoms with Crippen LogP contribution in [0, 0.1) is 0 Å². The molecule has 3 saturated heterocycles. The van der Waals surface area contributed by atoms with Crippen LogP contribution in [0.5, 0.6) is 5.75 Å². The third-order valence-corrected chi connectivity index (χ3v) is 8.71. The predicted molar refractivity (Wildman–Crippen MR) is 160 cm³/mol. The van der Waals surface area contributed by atoms with E-state index in [-0.39, 0.29) is 0 Å². The van der Waals surface area contributed by atoms with Crippen LogP contribution >= 0.6 is 0 Å². The van der Waals surface area contributed by atoms with E-state index in [1.807, 2.05) is 12.1 Å². The van der Waals surface area contributed by atoms with Crippen molar-refractivity contribution < 1.29 is 22.7 Å². The average Bonchev–Trinajstić information content (AvgIpc) is 3.52. The number of piperidine rings is 1. The van der Waals surface area contributed by atoms with E-state index in [4.69, 9.17) is 9.57 Å². The Kier molecular flexibility index (Phi) is 8.60. The molecule has 0 unspecified atom stereocenters. The van der Waals surface area contributed by atoms with Crippen molar-refractivity contribution in [2.45, 2.75) is 37.5 Å². The van der Waals surface area contributed by atoms with Gasteiger partial charge in [-0.25, -0.2) is 15.0 Å². The van der Waals surface area contributed by atoms with Crippen molar-refractivity contribution in [2.75, 3.05) is 75.3 Å². The summed E-state index contributed by atoms with van der Waals surface area (Å²) >= 11 is 0. The smallest absolute Gasteiger partial charge is 0.416 e.